The molecule has 0 aliphatic heterocycles. The van der Waals surface area contributed by atoms with Gasteiger partial charge in [0.05, 0.1) is 98.2 Å². The van der Waals surface area contributed by atoms with Gasteiger partial charge in [-0.15, -0.1) is 0 Å². The number of ether oxygens (including phenoxy) is 9. The minimum atomic E-state index is -0.364. The van der Waals surface area contributed by atoms with Crippen LogP contribution in [0.25, 0.3) is 11.1 Å². The fourth-order valence-electron chi connectivity index (χ4n) is 5.24. The molecule has 0 spiro atoms. The van der Waals surface area contributed by atoms with Gasteiger partial charge in [-0.25, -0.2) is 4.79 Å². The number of carbonyl (C=O) groups is 1. The van der Waals surface area contributed by atoms with Crippen LogP contribution in [0, 0.1) is 0 Å². The van der Waals surface area contributed by atoms with Gasteiger partial charge in [0.1, 0.15) is 19.0 Å². The quantitative estimate of drug-likeness (QED) is 0.0884. The van der Waals surface area contributed by atoms with E-state index in [0.29, 0.717) is 124 Å². The number of benzene rings is 3. The first-order valence-electron chi connectivity index (χ1n) is 17.2. The van der Waals surface area contributed by atoms with Gasteiger partial charge in [0.25, 0.3) is 0 Å². The van der Waals surface area contributed by atoms with Crippen LogP contribution in [0.4, 0.5) is 10.5 Å². The molecule has 0 bridgehead atoms. The first-order chi connectivity index (χ1) is 24.6. The number of nitrogens with two attached hydrogens (primary N) is 1. The Labute approximate surface area is 295 Å². The first-order valence-corrected chi connectivity index (χ1v) is 17.2. The van der Waals surface area contributed by atoms with Crippen molar-refractivity contribution in [1.82, 2.24) is 4.90 Å². The molecule has 0 heterocycles. The fourth-order valence-corrected chi connectivity index (χ4v) is 5.24. The molecule has 1 amide bonds. The maximum atomic E-state index is 12.6. The maximum absolute atomic E-state index is 12.6. The number of amides is 1. The monoisotopic (exact) mass is 696 g/mol. The van der Waals surface area contributed by atoms with Crippen molar-refractivity contribution in [3.63, 3.8) is 0 Å². The summed E-state index contributed by atoms with van der Waals surface area (Å²) in [6.07, 6.45) is -0.364. The summed E-state index contributed by atoms with van der Waals surface area (Å²) in [6, 6.07) is 24.0. The Morgan fingerprint density at radius 3 is 1.44 bits per heavy atom. The van der Waals surface area contributed by atoms with E-state index in [1.165, 1.54) is 27.2 Å². The van der Waals surface area contributed by atoms with Gasteiger partial charge in [-0.3, -0.25) is 0 Å². The summed E-state index contributed by atoms with van der Waals surface area (Å²) < 4.78 is 49.9. The molecule has 0 aromatic heterocycles. The largest absolute Gasteiger partial charge is 0.489 e. The molecule has 0 radical (unpaired) electrons. The summed E-state index contributed by atoms with van der Waals surface area (Å²) in [5.41, 5.74) is 11.2. The van der Waals surface area contributed by atoms with E-state index in [2.05, 4.69) is 24.3 Å². The van der Waals surface area contributed by atoms with E-state index in [1.54, 1.807) is 13.1 Å². The van der Waals surface area contributed by atoms with Crippen molar-refractivity contribution >= 4 is 11.8 Å². The molecule has 3 aromatic rings. The lowest BCUT2D eigenvalue weighted by atomic mass is 9.98. The third-order valence-corrected chi connectivity index (χ3v) is 7.86. The van der Waals surface area contributed by atoms with Gasteiger partial charge in [-0.2, -0.15) is 0 Å². The number of fused-ring (bicyclic) bond motifs is 3. The van der Waals surface area contributed by atoms with Gasteiger partial charge in [-0.1, -0.05) is 60.7 Å². The Balaban J connectivity index is 0.852. The Morgan fingerprint density at radius 1 is 0.560 bits per heavy atom. The number of hydrogen-bond donors (Lipinski definition) is 1. The average molecular weight is 697 g/mol. The molecular formula is C38H52N2O10. The van der Waals surface area contributed by atoms with Gasteiger partial charge in [0.2, 0.25) is 0 Å². The number of anilines is 1. The van der Waals surface area contributed by atoms with E-state index in [9.17, 15) is 4.79 Å². The highest BCUT2D eigenvalue weighted by Gasteiger charge is 2.29. The number of rotatable bonds is 27. The summed E-state index contributed by atoms with van der Waals surface area (Å²) in [7, 11) is 1.71. The van der Waals surface area contributed by atoms with Crippen LogP contribution in [-0.4, -0.2) is 130 Å². The number of nitrogen functional groups attached to an aromatic ring is 1. The third-order valence-electron chi connectivity index (χ3n) is 7.86. The summed E-state index contributed by atoms with van der Waals surface area (Å²) >= 11 is 0. The van der Waals surface area contributed by atoms with E-state index in [0.717, 1.165) is 0 Å². The van der Waals surface area contributed by atoms with Crippen molar-refractivity contribution in [2.24, 2.45) is 0 Å². The minimum Gasteiger partial charge on any atom is -0.489 e. The van der Waals surface area contributed by atoms with E-state index in [4.69, 9.17) is 48.4 Å². The molecule has 1 aliphatic carbocycles. The van der Waals surface area contributed by atoms with Gasteiger partial charge < -0.3 is 53.3 Å². The Morgan fingerprint density at radius 2 is 0.960 bits per heavy atom. The molecule has 2 N–H and O–H groups in total. The van der Waals surface area contributed by atoms with Crippen LogP contribution in [-0.2, 0) is 37.9 Å². The van der Waals surface area contributed by atoms with Crippen molar-refractivity contribution < 1.29 is 47.4 Å². The molecule has 0 fully saturated rings. The molecule has 0 saturated heterocycles. The van der Waals surface area contributed by atoms with Gasteiger partial charge in [-0.05, 0) is 34.4 Å². The Hall–Kier alpha value is -3.75. The van der Waals surface area contributed by atoms with Crippen LogP contribution < -0.4 is 10.5 Å². The van der Waals surface area contributed by atoms with Gasteiger partial charge in [0.15, 0.2) is 0 Å². The summed E-state index contributed by atoms with van der Waals surface area (Å²) in [4.78, 5) is 14.1. The van der Waals surface area contributed by atoms with Crippen molar-refractivity contribution in [3.8, 4) is 16.9 Å². The number of hydrogen-bond acceptors (Lipinski definition) is 11. The zero-order chi connectivity index (χ0) is 35.1. The van der Waals surface area contributed by atoms with Gasteiger partial charge >= 0.3 is 6.09 Å². The maximum Gasteiger partial charge on any atom is 0.409 e. The molecular weight excluding hydrogens is 644 g/mol. The lowest BCUT2D eigenvalue weighted by Gasteiger charge is -2.19. The van der Waals surface area contributed by atoms with Crippen LogP contribution in [0.15, 0.2) is 72.8 Å². The Bertz CT molecular complexity index is 1330. The van der Waals surface area contributed by atoms with E-state index >= 15 is 0 Å². The standard InChI is InChI=1S/C38H52N2O10/c1-40(38(41)50-30-35-33-10-4-2-8-31(33)32-9-3-5-11-34(32)35)14-15-42-16-17-43-18-19-44-20-21-45-22-23-46-24-25-47-26-27-48-28-29-49-37-13-7-6-12-36(37)39/h2-13,35H,14-30,39H2,1H3. The highest BCUT2D eigenvalue weighted by atomic mass is 16.6. The van der Waals surface area contributed by atoms with Crippen LogP contribution in [0.3, 0.4) is 0 Å². The lowest BCUT2D eigenvalue weighted by Crippen LogP contribution is -2.32. The molecule has 0 saturated carbocycles. The van der Waals surface area contributed by atoms with Crippen LogP contribution in [0.2, 0.25) is 0 Å². The van der Waals surface area contributed by atoms with Gasteiger partial charge in [0, 0.05) is 19.5 Å². The van der Waals surface area contributed by atoms with E-state index in [1.807, 2.05) is 42.5 Å². The molecule has 1 aliphatic rings. The van der Waals surface area contributed by atoms with E-state index < -0.39 is 0 Å². The summed E-state index contributed by atoms with van der Waals surface area (Å²) in [5.74, 6) is 0.704. The number of carbonyl (C=O) groups excluding carboxylic acids is 1. The molecule has 50 heavy (non-hydrogen) atoms. The lowest BCUT2D eigenvalue weighted by molar-refractivity contribution is -0.0215. The molecule has 3 aromatic carbocycles. The smallest absolute Gasteiger partial charge is 0.409 e. The normalized spacial score (nSPS) is 12.1. The molecule has 12 heteroatoms. The van der Waals surface area contributed by atoms with Crippen molar-refractivity contribution in [3.05, 3.63) is 83.9 Å². The molecule has 0 unspecified atom stereocenters. The zero-order valence-corrected chi connectivity index (χ0v) is 29.1. The van der Waals surface area contributed by atoms with Crippen LogP contribution in [0.5, 0.6) is 5.75 Å². The highest BCUT2D eigenvalue weighted by molar-refractivity contribution is 5.79. The van der Waals surface area contributed by atoms with Crippen LogP contribution in [0.1, 0.15) is 17.0 Å². The zero-order valence-electron chi connectivity index (χ0n) is 29.1. The Kier molecular flexibility index (Phi) is 18.4. The second kappa shape index (κ2) is 23.6. The second-order valence-corrected chi connectivity index (χ2v) is 11.4. The molecule has 0 atom stereocenters. The fraction of sp³-hybridized carbons (Fsp3) is 0.500. The van der Waals surface area contributed by atoms with Crippen molar-refractivity contribution in [2.45, 2.75) is 5.92 Å². The number of para-hydroxylation sites is 2. The summed E-state index contributed by atoms with van der Waals surface area (Å²) in [6.45, 7) is 7.74. The molecule has 4 rings (SSSR count). The third kappa shape index (κ3) is 13.9. The predicted molar refractivity (Wildman–Crippen MR) is 190 cm³/mol. The SMILES string of the molecule is CN(CCOCCOCCOCCOCCOCCOCCOCCOc1ccccc1N)C(=O)OCC1c2ccccc2-c2ccccc21. The van der Waals surface area contributed by atoms with Crippen LogP contribution >= 0.6 is 0 Å². The predicted octanol–water partition coefficient (Wildman–Crippen LogP) is 4.64. The molecule has 12 nitrogen and oxygen atoms in total. The summed E-state index contributed by atoms with van der Waals surface area (Å²) in [5, 5.41) is 0. The second-order valence-electron chi connectivity index (χ2n) is 11.4. The van der Waals surface area contributed by atoms with Crippen molar-refractivity contribution in [2.75, 3.05) is 125 Å². The van der Waals surface area contributed by atoms with Crippen molar-refractivity contribution in [1.29, 1.82) is 0 Å². The first kappa shape index (κ1) is 39.0. The highest BCUT2D eigenvalue weighted by Crippen LogP contribution is 2.44. The minimum absolute atomic E-state index is 0.0398. The van der Waals surface area contributed by atoms with E-state index in [-0.39, 0.29) is 12.0 Å². The number of likely N-dealkylation sites (N-methyl/N-ethyl adjacent to an activating group) is 1. The topological polar surface area (TPSA) is 129 Å². The molecule has 274 valence electrons. The number of nitrogens with zero attached hydrogens (tertiary/aromatic N) is 1. The average Bonchev–Trinajstić information content (AvgIpc) is 3.46.